The number of thiophene rings is 1. The highest BCUT2D eigenvalue weighted by Gasteiger charge is 2.33. The summed E-state index contributed by atoms with van der Waals surface area (Å²) in [4.78, 5) is 16.6. The predicted octanol–water partition coefficient (Wildman–Crippen LogP) is 4.10. The van der Waals surface area contributed by atoms with Crippen molar-refractivity contribution in [2.75, 3.05) is 11.9 Å². The van der Waals surface area contributed by atoms with Crippen molar-refractivity contribution in [2.24, 2.45) is 0 Å². The number of anilines is 1. The summed E-state index contributed by atoms with van der Waals surface area (Å²) in [5, 5.41) is 7.71. The summed E-state index contributed by atoms with van der Waals surface area (Å²) in [6.07, 6.45) is 2.92. The Morgan fingerprint density at radius 3 is 2.77 bits per heavy atom. The van der Waals surface area contributed by atoms with E-state index in [4.69, 9.17) is 0 Å². The Labute approximate surface area is 158 Å². The van der Waals surface area contributed by atoms with E-state index >= 15 is 0 Å². The summed E-state index contributed by atoms with van der Waals surface area (Å²) in [6, 6.07) is 10.7. The Bertz CT molecular complexity index is 854. The van der Waals surface area contributed by atoms with E-state index in [1.54, 1.807) is 11.3 Å². The summed E-state index contributed by atoms with van der Waals surface area (Å²) in [5.74, 6) is 0.0556. The summed E-state index contributed by atoms with van der Waals surface area (Å²) in [5.41, 5.74) is 4.36. The Kier molecular flexibility index (Phi) is 4.59. The second-order valence-corrected chi connectivity index (χ2v) is 8.48. The number of rotatable bonds is 3. The maximum Gasteiger partial charge on any atom is 0.256 e. The molecular formula is C21H25N3OS. The van der Waals surface area contributed by atoms with Gasteiger partial charge in [0.2, 0.25) is 0 Å². The molecule has 2 N–H and O–H groups in total. The topological polar surface area (TPSA) is 44.4 Å². The molecule has 0 fully saturated rings. The van der Waals surface area contributed by atoms with Crippen LogP contribution in [0.1, 0.15) is 47.1 Å². The molecule has 1 unspecified atom stereocenters. The fourth-order valence-corrected chi connectivity index (χ4v) is 5.00. The van der Waals surface area contributed by atoms with Gasteiger partial charge in [-0.2, -0.15) is 0 Å². The molecule has 2 aromatic rings. The average Bonchev–Trinajstić information content (AvgIpc) is 3.00. The maximum atomic E-state index is 12.8. The standard InChI is InChI=1S/C21H25N3OS/c1-13(2)24-10-9-16-17(12-24)26-21-18(16)20(25)22-19(23-21)14(3)11-15-7-5-4-6-8-15/h4-8,11,13,19,23H,9-10,12H2,1-3H3,(H,22,25)/b14-11-. The van der Waals surface area contributed by atoms with Gasteiger partial charge in [0.1, 0.15) is 11.2 Å². The van der Waals surface area contributed by atoms with Crippen LogP contribution in [0.25, 0.3) is 6.08 Å². The molecule has 0 radical (unpaired) electrons. The minimum Gasteiger partial charge on any atom is -0.353 e. The van der Waals surface area contributed by atoms with Crippen molar-refractivity contribution in [3.8, 4) is 0 Å². The van der Waals surface area contributed by atoms with Crippen LogP contribution in [0, 0.1) is 0 Å². The molecule has 0 saturated carbocycles. The van der Waals surface area contributed by atoms with Crippen LogP contribution in [0.15, 0.2) is 35.9 Å². The van der Waals surface area contributed by atoms with Gasteiger partial charge in [-0.25, -0.2) is 0 Å². The minimum atomic E-state index is -0.156. The third-order valence-corrected chi connectivity index (χ3v) is 6.39. The summed E-state index contributed by atoms with van der Waals surface area (Å²) in [6.45, 7) is 8.50. The first-order chi connectivity index (χ1) is 12.5. The Morgan fingerprint density at radius 1 is 1.27 bits per heavy atom. The van der Waals surface area contributed by atoms with Crippen LogP contribution < -0.4 is 10.6 Å². The zero-order chi connectivity index (χ0) is 18.3. The first kappa shape index (κ1) is 17.3. The van der Waals surface area contributed by atoms with E-state index in [0.29, 0.717) is 6.04 Å². The number of amides is 1. The number of fused-ring (bicyclic) bond motifs is 3. The molecule has 0 bridgehead atoms. The molecule has 136 valence electrons. The molecule has 26 heavy (non-hydrogen) atoms. The van der Waals surface area contributed by atoms with E-state index in [1.807, 2.05) is 18.2 Å². The zero-order valence-electron chi connectivity index (χ0n) is 15.5. The summed E-state index contributed by atoms with van der Waals surface area (Å²) in [7, 11) is 0. The lowest BCUT2D eigenvalue weighted by Gasteiger charge is -2.31. The van der Waals surface area contributed by atoms with Gasteiger partial charge in [0.15, 0.2) is 0 Å². The fourth-order valence-electron chi connectivity index (χ4n) is 3.70. The smallest absolute Gasteiger partial charge is 0.256 e. The maximum absolute atomic E-state index is 12.8. The summed E-state index contributed by atoms with van der Waals surface area (Å²) < 4.78 is 0. The molecule has 0 spiro atoms. The van der Waals surface area contributed by atoms with Crippen LogP contribution in [-0.2, 0) is 13.0 Å². The molecule has 0 aliphatic carbocycles. The van der Waals surface area contributed by atoms with Crippen LogP contribution in [0.2, 0.25) is 0 Å². The van der Waals surface area contributed by atoms with Gasteiger partial charge in [-0.15, -0.1) is 11.3 Å². The first-order valence-electron chi connectivity index (χ1n) is 9.22. The Balaban J connectivity index is 1.60. The van der Waals surface area contributed by atoms with Gasteiger partial charge in [-0.05, 0) is 43.9 Å². The lowest BCUT2D eigenvalue weighted by Crippen LogP contribution is -2.45. The van der Waals surface area contributed by atoms with E-state index in [2.05, 4.69) is 54.5 Å². The van der Waals surface area contributed by atoms with Crippen molar-refractivity contribution in [3.63, 3.8) is 0 Å². The van der Waals surface area contributed by atoms with Gasteiger partial charge >= 0.3 is 0 Å². The molecular weight excluding hydrogens is 342 g/mol. The molecule has 5 heteroatoms. The SMILES string of the molecule is C/C(=C/c1ccccc1)C1NC(=O)c2c(sc3c2CCN(C(C)C)C3)N1. The number of carbonyl (C=O) groups excluding carboxylic acids is 1. The highest BCUT2D eigenvalue weighted by Crippen LogP contribution is 2.39. The number of benzene rings is 1. The van der Waals surface area contributed by atoms with Gasteiger partial charge in [0, 0.05) is 24.0 Å². The third-order valence-electron chi connectivity index (χ3n) is 5.24. The number of hydrogen-bond acceptors (Lipinski definition) is 4. The second kappa shape index (κ2) is 6.89. The fraction of sp³-hybridized carbons (Fsp3) is 0.381. The van der Waals surface area contributed by atoms with Gasteiger partial charge in [0.05, 0.1) is 5.56 Å². The highest BCUT2D eigenvalue weighted by atomic mass is 32.1. The number of nitrogens with one attached hydrogen (secondary N) is 2. The number of carbonyl (C=O) groups is 1. The van der Waals surface area contributed by atoms with Crippen LogP contribution in [-0.4, -0.2) is 29.6 Å². The molecule has 1 aromatic carbocycles. The van der Waals surface area contributed by atoms with Crippen molar-refractivity contribution in [2.45, 2.75) is 45.9 Å². The summed E-state index contributed by atoms with van der Waals surface area (Å²) >= 11 is 1.75. The predicted molar refractivity (Wildman–Crippen MR) is 109 cm³/mol. The van der Waals surface area contributed by atoms with Gasteiger partial charge in [-0.1, -0.05) is 36.4 Å². The monoisotopic (exact) mass is 367 g/mol. The van der Waals surface area contributed by atoms with Crippen molar-refractivity contribution in [3.05, 3.63) is 57.5 Å². The second-order valence-electron chi connectivity index (χ2n) is 7.37. The lowest BCUT2D eigenvalue weighted by atomic mass is 9.99. The van der Waals surface area contributed by atoms with Crippen LogP contribution in [0.3, 0.4) is 0 Å². The molecule has 2 aliphatic rings. The first-order valence-corrected chi connectivity index (χ1v) is 10.0. The highest BCUT2D eigenvalue weighted by molar-refractivity contribution is 7.16. The van der Waals surface area contributed by atoms with Gasteiger partial charge in [-0.3, -0.25) is 9.69 Å². The zero-order valence-corrected chi connectivity index (χ0v) is 16.3. The lowest BCUT2D eigenvalue weighted by molar-refractivity contribution is 0.0940. The van der Waals surface area contributed by atoms with E-state index in [0.717, 1.165) is 41.2 Å². The van der Waals surface area contributed by atoms with Crippen molar-refractivity contribution >= 4 is 28.3 Å². The van der Waals surface area contributed by atoms with Crippen molar-refractivity contribution < 1.29 is 4.79 Å². The molecule has 4 nitrogen and oxygen atoms in total. The van der Waals surface area contributed by atoms with E-state index in [9.17, 15) is 4.79 Å². The molecule has 4 rings (SSSR count). The molecule has 1 aromatic heterocycles. The third kappa shape index (κ3) is 3.17. The average molecular weight is 368 g/mol. The van der Waals surface area contributed by atoms with E-state index in [1.165, 1.54) is 10.4 Å². The largest absolute Gasteiger partial charge is 0.353 e. The Morgan fingerprint density at radius 2 is 2.04 bits per heavy atom. The van der Waals surface area contributed by atoms with Crippen LogP contribution in [0.4, 0.5) is 5.00 Å². The van der Waals surface area contributed by atoms with Crippen molar-refractivity contribution in [1.82, 2.24) is 10.2 Å². The number of nitrogens with zero attached hydrogens (tertiary/aromatic N) is 1. The van der Waals surface area contributed by atoms with Crippen LogP contribution in [0.5, 0.6) is 0 Å². The molecule has 1 atom stereocenters. The molecule has 2 aliphatic heterocycles. The van der Waals surface area contributed by atoms with Gasteiger partial charge < -0.3 is 10.6 Å². The van der Waals surface area contributed by atoms with E-state index < -0.39 is 0 Å². The molecule has 1 amide bonds. The van der Waals surface area contributed by atoms with E-state index in [-0.39, 0.29) is 12.1 Å². The quantitative estimate of drug-likeness (QED) is 0.858. The van der Waals surface area contributed by atoms with Gasteiger partial charge in [0.25, 0.3) is 5.91 Å². The normalized spacial score (nSPS) is 20.4. The van der Waals surface area contributed by atoms with Crippen molar-refractivity contribution in [1.29, 1.82) is 0 Å². The minimum absolute atomic E-state index is 0.0556. The Hall–Kier alpha value is -2.11. The molecule has 3 heterocycles. The van der Waals surface area contributed by atoms with Crippen LogP contribution >= 0.6 is 11.3 Å². The number of hydrogen-bond donors (Lipinski definition) is 2. The molecule has 0 saturated heterocycles.